The van der Waals surface area contributed by atoms with Crippen LogP contribution >= 0.6 is 11.8 Å². The third kappa shape index (κ3) is 4.07. The molecule has 3 aromatic rings. The third-order valence-corrected chi connectivity index (χ3v) is 5.59. The van der Waals surface area contributed by atoms with E-state index in [2.05, 4.69) is 42.7 Å². The van der Waals surface area contributed by atoms with Crippen LogP contribution in [0.5, 0.6) is 0 Å². The molecule has 1 aliphatic rings. The van der Waals surface area contributed by atoms with Crippen molar-refractivity contribution in [1.29, 1.82) is 0 Å². The number of ether oxygens (including phenoxy) is 1. The highest BCUT2D eigenvalue weighted by molar-refractivity contribution is 7.97. The van der Waals surface area contributed by atoms with Crippen LogP contribution in [0, 0.1) is 0 Å². The monoisotopic (exact) mass is 389 g/mol. The van der Waals surface area contributed by atoms with E-state index < -0.39 is 0 Å². The van der Waals surface area contributed by atoms with Crippen LogP contribution in [0.4, 0.5) is 4.79 Å². The van der Waals surface area contributed by atoms with Crippen LogP contribution in [0.2, 0.25) is 0 Å². The number of carbonyl (C=O) groups is 1. The summed E-state index contributed by atoms with van der Waals surface area (Å²) >= 11 is 1.81. The molecule has 4 heteroatoms. The van der Waals surface area contributed by atoms with E-state index in [1.807, 2.05) is 48.2 Å². The van der Waals surface area contributed by atoms with Crippen LogP contribution in [0.3, 0.4) is 0 Å². The molecule has 0 N–H and O–H groups in total. The molecule has 142 valence electrons. The van der Waals surface area contributed by atoms with Gasteiger partial charge in [-0.2, -0.15) is 11.8 Å². The number of hydrogen-bond acceptors (Lipinski definition) is 3. The van der Waals surface area contributed by atoms with Gasteiger partial charge in [0.15, 0.2) is 0 Å². The summed E-state index contributed by atoms with van der Waals surface area (Å²) in [5.74, 6) is 0.964. The van der Waals surface area contributed by atoms with E-state index in [1.54, 1.807) is 4.90 Å². The van der Waals surface area contributed by atoms with E-state index in [0.717, 1.165) is 11.3 Å². The summed E-state index contributed by atoms with van der Waals surface area (Å²) < 4.78 is 5.55. The molecular formula is C24H23NO2S. The van der Waals surface area contributed by atoms with Crippen molar-refractivity contribution in [3.8, 4) is 11.1 Å². The molecular weight excluding hydrogens is 366 g/mol. The van der Waals surface area contributed by atoms with Gasteiger partial charge in [0.2, 0.25) is 0 Å². The predicted octanol–water partition coefficient (Wildman–Crippen LogP) is 5.87. The van der Waals surface area contributed by atoms with E-state index in [1.165, 1.54) is 27.8 Å². The van der Waals surface area contributed by atoms with Gasteiger partial charge in [-0.3, -0.25) is 4.90 Å². The molecule has 0 saturated carbocycles. The molecule has 0 unspecified atom stereocenters. The average molecular weight is 390 g/mol. The molecule has 0 atom stereocenters. The number of nitrogens with zero attached hydrogens (tertiary/aromatic N) is 1. The predicted molar refractivity (Wildman–Crippen MR) is 115 cm³/mol. The molecule has 1 amide bonds. The van der Waals surface area contributed by atoms with Crippen LogP contribution in [0.25, 0.3) is 11.1 Å². The Balaban J connectivity index is 1.55. The fourth-order valence-corrected chi connectivity index (χ4v) is 4.14. The van der Waals surface area contributed by atoms with Gasteiger partial charge in [0.1, 0.15) is 6.61 Å². The smallest absolute Gasteiger partial charge is 0.410 e. The lowest BCUT2D eigenvalue weighted by atomic mass is 9.95. The Labute approximate surface area is 170 Å². The zero-order valence-corrected chi connectivity index (χ0v) is 16.7. The zero-order valence-electron chi connectivity index (χ0n) is 15.9. The van der Waals surface area contributed by atoms with Crippen molar-refractivity contribution in [2.75, 3.05) is 6.26 Å². The van der Waals surface area contributed by atoms with Crippen molar-refractivity contribution in [2.45, 2.75) is 25.4 Å². The topological polar surface area (TPSA) is 29.5 Å². The molecule has 3 aromatic carbocycles. The van der Waals surface area contributed by atoms with Crippen LogP contribution in [0.15, 0.2) is 72.8 Å². The van der Waals surface area contributed by atoms with Crippen molar-refractivity contribution in [1.82, 2.24) is 4.90 Å². The lowest BCUT2D eigenvalue weighted by Gasteiger charge is -2.15. The summed E-state index contributed by atoms with van der Waals surface area (Å²) in [6.07, 6.45) is 1.85. The lowest BCUT2D eigenvalue weighted by molar-refractivity contribution is 0.0955. The Hall–Kier alpha value is -2.72. The number of benzene rings is 3. The highest BCUT2D eigenvalue weighted by Crippen LogP contribution is 2.35. The molecule has 0 aliphatic carbocycles. The SMILES string of the molecule is CSCc1cc2c(c(-c3ccccc3)c1)CN(C(=O)OCc1ccccc1)C2. The zero-order chi connectivity index (χ0) is 19.3. The highest BCUT2D eigenvalue weighted by Gasteiger charge is 2.27. The van der Waals surface area contributed by atoms with E-state index in [4.69, 9.17) is 4.74 Å². The molecule has 1 aliphatic heterocycles. The fraction of sp³-hybridized carbons (Fsp3) is 0.208. The minimum atomic E-state index is -0.259. The molecule has 0 spiro atoms. The van der Waals surface area contributed by atoms with Crippen molar-refractivity contribution in [3.05, 3.63) is 95.1 Å². The number of amides is 1. The maximum absolute atomic E-state index is 12.6. The fourth-order valence-electron chi connectivity index (χ4n) is 3.64. The van der Waals surface area contributed by atoms with Gasteiger partial charge in [0, 0.05) is 12.3 Å². The largest absolute Gasteiger partial charge is 0.445 e. The highest BCUT2D eigenvalue weighted by atomic mass is 32.2. The first-order valence-electron chi connectivity index (χ1n) is 9.39. The maximum Gasteiger partial charge on any atom is 0.410 e. The number of carbonyl (C=O) groups excluding carboxylic acids is 1. The van der Waals surface area contributed by atoms with Crippen molar-refractivity contribution >= 4 is 17.9 Å². The first-order valence-corrected chi connectivity index (χ1v) is 10.8. The average Bonchev–Trinajstić information content (AvgIpc) is 3.17. The summed E-state index contributed by atoms with van der Waals surface area (Å²) in [5.41, 5.74) is 7.17. The van der Waals surface area contributed by atoms with E-state index in [0.29, 0.717) is 19.7 Å². The van der Waals surface area contributed by atoms with Gasteiger partial charge in [-0.05, 0) is 45.7 Å². The summed E-state index contributed by atoms with van der Waals surface area (Å²) in [7, 11) is 0. The van der Waals surface area contributed by atoms with Gasteiger partial charge in [0.05, 0.1) is 6.54 Å². The van der Waals surface area contributed by atoms with Crippen LogP contribution < -0.4 is 0 Å². The number of thioether (sulfide) groups is 1. The summed E-state index contributed by atoms with van der Waals surface area (Å²) in [6.45, 7) is 1.49. The van der Waals surface area contributed by atoms with Gasteiger partial charge < -0.3 is 4.74 Å². The summed E-state index contributed by atoms with van der Waals surface area (Å²) in [4.78, 5) is 14.4. The molecule has 0 saturated heterocycles. The lowest BCUT2D eigenvalue weighted by Crippen LogP contribution is -2.26. The molecule has 1 heterocycles. The molecule has 0 radical (unpaired) electrons. The summed E-state index contributed by atoms with van der Waals surface area (Å²) in [6, 6.07) is 24.7. The van der Waals surface area contributed by atoms with Gasteiger partial charge in [-0.15, -0.1) is 0 Å². The number of rotatable bonds is 5. The quantitative estimate of drug-likeness (QED) is 0.547. The van der Waals surface area contributed by atoms with Gasteiger partial charge >= 0.3 is 6.09 Å². The Bertz CT molecular complexity index is 957. The minimum Gasteiger partial charge on any atom is -0.445 e. The van der Waals surface area contributed by atoms with Crippen LogP contribution in [-0.4, -0.2) is 17.2 Å². The van der Waals surface area contributed by atoms with Crippen molar-refractivity contribution < 1.29 is 9.53 Å². The minimum absolute atomic E-state index is 0.259. The van der Waals surface area contributed by atoms with Gasteiger partial charge in [-0.25, -0.2) is 4.79 Å². The Kier molecular flexibility index (Phi) is 5.68. The molecule has 3 nitrogen and oxygen atoms in total. The van der Waals surface area contributed by atoms with Crippen molar-refractivity contribution in [2.24, 2.45) is 0 Å². The Morgan fingerprint density at radius 1 is 0.964 bits per heavy atom. The van der Waals surface area contributed by atoms with E-state index >= 15 is 0 Å². The second-order valence-corrected chi connectivity index (χ2v) is 7.84. The maximum atomic E-state index is 12.6. The van der Waals surface area contributed by atoms with Crippen LogP contribution in [0.1, 0.15) is 22.3 Å². The Morgan fingerprint density at radius 2 is 1.68 bits per heavy atom. The van der Waals surface area contributed by atoms with Gasteiger partial charge in [-0.1, -0.05) is 66.7 Å². The third-order valence-electron chi connectivity index (χ3n) is 4.97. The Morgan fingerprint density at radius 3 is 2.39 bits per heavy atom. The number of fused-ring (bicyclic) bond motifs is 1. The standard InChI is InChI=1S/C24H23NO2S/c1-28-17-19-12-21-14-25(24(26)27-16-18-8-4-2-5-9-18)15-23(21)22(13-19)20-10-6-3-7-11-20/h2-13H,14-17H2,1H3. The molecule has 28 heavy (non-hydrogen) atoms. The summed E-state index contributed by atoms with van der Waals surface area (Å²) in [5, 5.41) is 0. The normalized spacial score (nSPS) is 12.7. The first-order chi connectivity index (χ1) is 13.7. The molecule has 0 aromatic heterocycles. The number of hydrogen-bond donors (Lipinski definition) is 0. The molecule has 0 fully saturated rings. The van der Waals surface area contributed by atoms with Crippen molar-refractivity contribution in [3.63, 3.8) is 0 Å². The molecule has 0 bridgehead atoms. The van der Waals surface area contributed by atoms with E-state index in [-0.39, 0.29) is 6.09 Å². The van der Waals surface area contributed by atoms with Gasteiger partial charge in [0.25, 0.3) is 0 Å². The second kappa shape index (κ2) is 8.53. The van der Waals surface area contributed by atoms with E-state index in [9.17, 15) is 4.79 Å². The molecule has 4 rings (SSSR count). The second-order valence-electron chi connectivity index (χ2n) is 6.98. The first kappa shape index (κ1) is 18.6. The van der Waals surface area contributed by atoms with Crippen LogP contribution in [-0.2, 0) is 30.2 Å².